The highest BCUT2D eigenvalue weighted by molar-refractivity contribution is 7.89. The van der Waals surface area contributed by atoms with Gasteiger partial charge in [-0.05, 0) is 29.8 Å². The van der Waals surface area contributed by atoms with E-state index in [-0.39, 0.29) is 11.3 Å². The second-order valence-electron chi connectivity index (χ2n) is 6.98. The predicted molar refractivity (Wildman–Crippen MR) is 109 cm³/mol. The smallest absolute Gasteiger partial charge is 0.322 e. The number of hydrogen-bond acceptors (Lipinski definition) is 5. The molecule has 1 atom stereocenters. The first-order chi connectivity index (χ1) is 13.8. The van der Waals surface area contributed by atoms with Crippen molar-refractivity contribution in [3.05, 3.63) is 54.2 Å². The largest absolute Gasteiger partial charge is 0.490 e. The number of aromatic amines is 1. The molecule has 0 saturated heterocycles. The van der Waals surface area contributed by atoms with Crippen molar-refractivity contribution in [1.82, 2.24) is 9.71 Å². The molecule has 1 aromatic heterocycles. The molecule has 0 aliphatic carbocycles. The summed E-state index contributed by atoms with van der Waals surface area (Å²) in [7, 11) is -2.19. The zero-order chi connectivity index (χ0) is 20.6. The lowest BCUT2D eigenvalue weighted by Gasteiger charge is -2.28. The van der Waals surface area contributed by atoms with E-state index in [0.29, 0.717) is 24.6 Å². The average molecular weight is 415 g/mol. The SMILES string of the molecule is CN1CCOc2ccc(S(=O)(=O)NC(Cc3c[nH]c4ccccc34)C(=O)O)cc21. The third-order valence-electron chi connectivity index (χ3n) is 5.03. The van der Waals surface area contributed by atoms with E-state index in [0.717, 1.165) is 16.5 Å². The minimum absolute atomic E-state index is 0.00113. The molecule has 0 bridgehead atoms. The molecule has 2 aromatic carbocycles. The van der Waals surface area contributed by atoms with Crippen LogP contribution in [0.2, 0.25) is 0 Å². The number of nitrogens with one attached hydrogen (secondary N) is 2. The molecule has 3 N–H and O–H groups in total. The van der Waals surface area contributed by atoms with Gasteiger partial charge in [0.1, 0.15) is 18.4 Å². The van der Waals surface area contributed by atoms with Crippen LogP contribution in [0.15, 0.2) is 53.6 Å². The minimum Gasteiger partial charge on any atom is -0.490 e. The van der Waals surface area contributed by atoms with E-state index < -0.39 is 22.0 Å². The van der Waals surface area contributed by atoms with Gasteiger partial charge in [0.25, 0.3) is 0 Å². The van der Waals surface area contributed by atoms with Crippen molar-refractivity contribution in [3.63, 3.8) is 0 Å². The van der Waals surface area contributed by atoms with E-state index in [4.69, 9.17) is 4.74 Å². The number of rotatable bonds is 6. The maximum Gasteiger partial charge on any atom is 0.322 e. The fourth-order valence-corrected chi connectivity index (χ4v) is 4.66. The number of carbonyl (C=O) groups is 1. The molecule has 0 saturated carbocycles. The predicted octanol–water partition coefficient (Wildman–Crippen LogP) is 1.97. The highest BCUT2D eigenvalue weighted by atomic mass is 32.2. The Bertz CT molecular complexity index is 1170. The lowest BCUT2D eigenvalue weighted by molar-refractivity contribution is -0.138. The Kier molecular flexibility index (Phi) is 4.93. The second kappa shape index (κ2) is 7.41. The van der Waals surface area contributed by atoms with Crippen LogP contribution < -0.4 is 14.4 Å². The van der Waals surface area contributed by atoms with Gasteiger partial charge in [0.15, 0.2) is 0 Å². The number of fused-ring (bicyclic) bond motifs is 2. The van der Waals surface area contributed by atoms with E-state index in [2.05, 4.69) is 9.71 Å². The van der Waals surface area contributed by atoms with Gasteiger partial charge in [0.05, 0.1) is 17.1 Å². The number of para-hydroxylation sites is 1. The summed E-state index contributed by atoms with van der Waals surface area (Å²) in [5.41, 5.74) is 2.25. The average Bonchev–Trinajstić information content (AvgIpc) is 3.10. The summed E-state index contributed by atoms with van der Waals surface area (Å²) in [6.45, 7) is 1.17. The van der Waals surface area contributed by atoms with Crippen molar-refractivity contribution in [2.75, 3.05) is 25.1 Å². The number of aromatic nitrogens is 1. The zero-order valence-electron chi connectivity index (χ0n) is 15.8. The third-order valence-corrected chi connectivity index (χ3v) is 6.50. The summed E-state index contributed by atoms with van der Waals surface area (Å²) in [5.74, 6) is -0.636. The Balaban J connectivity index is 1.61. The highest BCUT2D eigenvalue weighted by Crippen LogP contribution is 2.33. The molecule has 9 heteroatoms. The number of carboxylic acids is 1. The molecule has 8 nitrogen and oxygen atoms in total. The number of nitrogens with zero attached hydrogens (tertiary/aromatic N) is 1. The summed E-state index contributed by atoms with van der Waals surface area (Å²) < 4.78 is 33.7. The Morgan fingerprint density at radius 2 is 2.10 bits per heavy atom. The van der Waals surface area contributed by atoms with Crippen LogP contribution in [0.3, 0.4) is 0 Å². The van der Waals surface area contributed by atoms with E-state index in [9.17, 15) is 18.3 Å². The molecule has 1 aliphatic heterocycles. The molecule has 0 amide bonds. The summed E-state index contributed by atoms with van der Waals surface area (Å²) in [6.07, 6.45) is 1.73. The van der Waals surface area contributed by atoms with Gasteiger partial charge >= 0.3 is 5.97 Å². The van der Waals surface area contributed by atoms with Gasteiger partial charge in [0, 0.05) is 30.6 Å². The maximum atomic E-state index is 12.9. The van der Waals surface area contributed by atoms with Crippen molar-refractivity contribution in [3.8, 4) is 5.75 Å². The van der Waals surface area contributed by atoms with Crippen LogP contribution >= 0.6 is 0 Å². The number of likely N-dealkylation sites (N-methyl/N-ethyl adjacent to an activating group) is 1. The number of anilines is 1. The summed E-state index contributed by atoms with van der Waals surface area (Å²) in [5, 5.41) is 10.5. The molecule has 0 radical (unpaired) electrons. The normalized spacial score (nSPS) is 15.0. The van der Waals surface area contributed by atoms with Crippen molar-refractivity contribution < 1.29 is 23.1 Å². The minimum atomic E-state index is -4.04. The third kappa shape index (κ3) is 3.79. The van der Waals surface area contributed by atoms with E-state index >= 15 is 0 Å². The second-order valence-corrected chi connectivity index (χ2v) is 8.69. The first-order valence-corrected chi connectivity index (χ1v) is 10.6. The molecule has 152 valence electrons. The van der Waals surface area contributed by atoms with Crippen LogP contribution in [0.4, 0.5) is 5.69 Å². The van der Waals surface area contributed by atoms with Crippen LogP contribution in [0.25, 0.3) is 10.9 Å². The van der Waals surface area contributed by atoms with Gasteiger partial charge in [-0.2, -0.15) is 4.72 Å². The first-order valence-electron chi connectivity index (χ1n) is 9.13. The molecular formula is C20H21N3O5S. The lowest BCUT2D eigenvalue weighted by atomic mass is 10.1. The van der Waals surface area contributed by atoms with Crippen molar-refractivity contribution in [2.24, 2.45) is 0 Å². The molecule has 0 fully saturated rings. The van der Waals surface area contributed by atoms with Crippen molar-refractivity contribution in [2.45, 2.75) is 17.4 Å². The van der Waals surface area contributed by atoms with Crippen LogP contribution in [-0.4, -0.2) is 50.7 Å². The van der Waals surface area contributed by atoms with Crippen LogP contribution in [0.1, 0.15) is 5.56 Å². The number of aliphatic carboxylic acids is 1. The first kappa shape index (κ1) is 19.3. The Hall–Kier alpha value is -3.04. The number of sulfonamides is 1. The van der Waals surface area contributed by atoms with E-state index in [1.54, 1.807) is 12.3 Å². The van der Waals surface area contributed by atoms with Gasteiger partial charge in [0.2, 0.25) is 10.0 Å². The molecule has 4 rings (SSSR count). The van der Waals surface area contributed by atoms with E-state index in [1.807, 2.05) is 36.2 Å². The van der Waals surface area contributed by atoms with Crippen LogP contribution in [0, 0.1) is 0 Å². The van der Waals surface area contributed by atoms with Crippen molar-refractivity contribution in [1.29, 1.82) is 0 Å². The topological polar surface area (TPSA) is 112 Å². The van der Waals surface area contributed by atoms with Crippen LogP contribution in [-0.2, 0) is 21.2 Å². The molecule has 1 unspecified atom stereocenters. The fourth-order valence-electron chi connectivity index (χ4n) is 3.45. The van der Waals surface area contributed by atoms with Crippen molar-refractivity contribution >= 4 is 32.6 Å². The number of carboxylic acid groups (broad SMARTS) is 1. The quantitative estimate of drug-likeness (QED) is 0.568. The van der Waals surface area contributed by atoms with Gasteiger partial charge in [-0.3, -0.25) is 4.79 Å². The van der Waals surface area contributed by atoms with Gasteiger partial charge in [-0.1, -0.05) is 18.2 Å². The zero-order valence-corrected chi connectivity index (χ0v) is 16.6. The maximum absolute atomic E-state index is 12.9. The standard InChI is InChI=1S/C20H21N3O5S/c1-23-8-9-28-19-7-6-14(11-18(19)23)29(26,27)22-17(20(24)25)10-13-12-21-16-5-3-2-4-15(13)16/h2-7,11-12,17,21-22H,8-10H2,1H3,(H,24,25). The number of hydrogen-bond donors (Lipinski definition) is 3. The van der Waals surface area contributed by atoms with E-state index in [1.165, 1.54) is 12.1 Å². The van der Waals surface area contributed by atoms with Crippen LogP contribution in [0.5, 0.6) is 5.75 Å². The number of ether oxygens (including phenoxy) is 1. The van der Waals surface area contributed by atoms with Gasteiger partial charge in [-0.15, -0.1) is 0 Å². The Labute approximate surface area is 168 Å². The van der Waals surface area contributed by atoms with Gasteiger partial charge in [-0.25, -0.2) is 8.42 Å². The lowest BCUT2D eigenvalue weighted by Crippen LogP contribution is -2.42. The summed E-state index contributed by atoms with van der Waals surface area (Å²) in [6, 6.07) is 10.7. The molecule has 1 aliphatic rings. The monoisotopic (exact) mass is 415 g/mol. The molecular weight excluding hydrogens is 394 g/mol. The molecule has 2 heterocycles. The summed E-state index contributed by atoms with van der Waals surface area (Å²) >= 11 is 0. The molecule has 0 spiro atoms. The molecule has 3 aromatic rings. The van der Waals surface area contributed by atoms with Gasteiger partial charge < -0.3 is 19.7 Å². The number of benzene rings is 2. The molecule has 29 heavy (non-hydrogen) atoms. The highest BCUT2D eigenvalue weighted by Gasteiger charge is 2.28. The summed E-state index contributed by atoms with van der Waals surface area (Å²) in [4.78, 5) is 16.8. The Morgan fingerprint density at radius 1 is 1.31 bits per heavy atom. The number of H-pyrrole nitrogens is 1. The fraction of sp³-hybridized carbons (Fsp3) is 0.250. The Morgan fingerprint density at radius 3 is 2.90 bits per heavy atom.